The molecule has 0 spiro atoms. The van der Waals surface area contributed by atoms with Gasteiger partial charge in [0.2, 0.25) is 0 Å². The van der Waals surface area contributed by atoms with Crippen LogP contribution in [0.1, 0.15) is 29.7 Å². The smallest absolute Gasteiger partial charge is 0.137 e. The Balaban J connectivity index is 2.50. The fourth-order valence-corrected chi connectivity index (χ4v) is 2.82. The van der Waals surface area contributed by atoms with Crippen molar-refractivity contribution in [3.8, 4) is 0 Å². The Kier molecular flexibility index (Phi) is 5.19. The molecule has 1 nitrogen and oxygen atoms in total. The fraction of sp³-hybridized carbons (Fsp3) is 0.250. The van der Waals surface area contributed by atoms with Crippen LogP contribution in [-0.4, -0.2) is 6.54 Å². The van der Waals surface area contributed by atoms with Gasteiger partial charge in [0.15, 0.2) is 0 Å². The van der Waals surface area contributed by atoms with Crippen LogP contribution < -0.4 is 5.32 Å². The number of rotatable bonds is 4. The number of halogens is 3. The van der Waals surface area contributed by atoms with E-state index >= 15 is 0 Å². The van der Waals surface area contributed by atoms with Gasteiger partial charge < -0.3 is 5.32 Å². The fourth-order valence-electron chi connectivity index (χ4n) is 2.24. The van der Waals surface area contributed by atoms with E-state index in [0.29, 0.717) is 4.47 Å². The van der Waals surface area contributed by atoms with Crippen LogP contribution in [0.2, 0.25) is 5.02 Å². The van der Waals surface area contributed by atoms with Gasteiger partial charge in [0.05, 0.1) is 10.5 Å². The van der Waals surface area contributed by atoms with E-state index in [9.17, 15) is 4.39 Å². The minimum absolute atomic E-state index is 0.00407. The van der Waals surface area contributed by atoms with E-state index < -0.39 is 0 Å². The van der Waals surface area contributed by atoms with Crippen molar-refractivity contribution in [3.05, 3.63) is 68.4 Å². The molecule has 0 radical (unpaired) electrons. The van der Waals surface area contributed by atoms with Gasteiger partial charge >= 0.3 is 0 Å². The molecule has 106 valence electrons. The summed E-state index contributed by atoms with van der Waals surface area (Å²) in [5.41, 5.74) is 3.16. The summed E-state index contributed by atoms with van der Waals surface area (Å²) in [5.74, 6) is -0.258. The van der Waals surface area contributed by atoms with E-state index in [1.54, 1.807) is 6.07 Å². The summed E-state index contributed by atoms with van der Waals surface area (Å²) in [7, 11) is 0. The SMILES string of the molecule is CCNC(c1ccc(F)c(Br)c1)c1cccc(Cl)c1C. The van der Waals surface area contributed by atoms with E-state index in [4.69, 9.17) is 11.6 Å². The largest absolute Gasteiger partial charge is 0.307 e. The molecule has 0 fully saturated rings. The molecule has 2 rings (SSSR count). The van der Waals surface area contributed by atoms with E-state index in [1.165, 1.54) is 6.07 Å². The minimum Gasteiger partial charge on any atom is -0.307 e. The van der Waals surface area contributed by atoms with Crippen LogP contribution in [0.4, 0.5) is 4.39 Å². The van der Waals surface area contributed by atoms with Crippen LogP contribution in [0.15, 0.2) is 40.9 Å². The zero-order valence-corrected chi connectivity index (χ0v) is 13.7. The highest BCUT2D eigenvalue weighted by Gasteiger charge is 2.17. The van der Waals surface area contributed by atoms with Crippen molar-refractivity contribution < 1.29 is 4.39 Å². The topological polar surface area (TPSA) is 12.0 Å². The zero-order valence-electron chi connectivity index (χ0n) is 11.4. The molecule has 2 aromatic rings. The summed E-state index contributed by atoms with van der Waals surface area (Å²) in [6, 6.07) is 10.9. The van der Waals surface area contributed by atoms with Crippen molar-refractivity contribution in [2.45, 2.75) is 19.9 Å². The second-order valence-corrected chi connectivity index (χ2v) is 5.88. The second-order valence-electron chi connectivity index (χ2n) is 4.62. The van der Waals surface area contributed by atoms with E-state index in [1.807, 2.05) is 38.1 Å². The molecule has 0 saturated heterocycles. The summed E-state index contributed by atoms with van der Waals surface area (Å²) >= 11 is 9.45. The maximum Gasteiger partial charge on any atom is 0.137 e. The number of hydrogen-bond donors (Lipinski definition) is 1. The molecule has 4 heteroatoms. The van der Waals surface area contributed by atoms with Crippen molar-refractivity contribution >= 4 is 27.5 Å². The Labute approximate surface area is 132 Å². The van der Waals surface area contributed by atoms with Crippen molar-refractivity contribution in [3.63, 3.8) is 0 Å². The summed E-state index contributed by atoms with van der Waals surface area (Å²) in [4.78, 5) is 0. The molecule has 0 bridgehead atoms. The molecule has 0 aliphatic rings. The lowest BCUT2D eigenvalue weighted by molar-refractivity contribution is 0.607. The molecule has 0 amide bonds. The van der Waals surface area contributed by atoms with Crippen LogP contribution >= 0.6 is 27.5 Å². The molecule has 0 aliphatic carbocycles. The molecule has 1 unspecified atom stereocenters. The van der Waals surface area contributed by atoms with Gasteiger partial charge in [0, 0.05) is 5.02 Å². The van der Waals surface area contributed by atoms with Crippen LogP contribution in [-0.2, 0) is 0 Å². The van der Waals surface area contributed by atoms with E-state index in [2.05, 4.69) is 21.2 Å². The first kappa shape index (κ1) is 15.5. The molecule has 1 atom stereocenters. The Morgan fingerprint density at radius 3 is 2.70 bits per heavy atom. The third-order valence-electron chi connectivity index (χ3n) is 3.31. The molecular formula is C16H16BrClFN. The molecule has 0 aliphatic heterocycles. The monoisotopic (exact) mass is 355 g/mol. The molecule has 0 saturated carbocycles. The highest BCUT2D eigenvalue weighted by molar-refractivity contribution is 9.10. The van der Waals surface area contributed by atoms with Crippen molar-refractivity contribution in [1.82, 2.24) is 5.32 Å². The molecular weight excluding hydrogens is 341 g/mol. The minimum atomic E-state index is -0.258. The summed E-state index contributed by atoms with van der Waals surface area (Å²) in [6.45, 7) is 4.86. The zero-order chi connectivity index (χ0) is 14.7. The lowest BCUT2D eigenvalue weighted by atomic mass is 9.95. The standard InChI is InChI=1S/C16H16BrClFN/c1-3-20-16(11-7-8-15(19)13(17)9-11)12-5-4-6-14(18)10(12)2/h4-9,16,20H,3H2,1-2H3. The molecule has 0 aromatic heterocycles. The third kappa shape index (κ3) is 3.22. The summed E-state index contributed by atoms with van der Waals surface area (Å²) in [6.07, 6.45) is 0. The van der Waals surface area contributed by atoms with Crippen LogP contribution in [0, 0.1) is 12.7 Å². The molecule has 20 heavy (non-hydrogen) atoms. The normalized spacial score (nSPS) is 12.4. The predicted molar refractivity (Wildman–Crippen MR) is 85.8 cm³/mol. The van der Waals surface area contributed by atoms with Crippen LogP contribution in [0.5, 0.6) is 0 Å². The van der Waals surface area contributed by atoms with Gasteiger partial charge in [0.25, 0.3) is 0 Å². The van der Waals surface area contributed by atoms with Gasteiger partial charge in [-0.25, -0.2) is 4.39 Å². The second kappa shape index (κ2) is 6.70. The third-order valence-corrected chi connectivity index (χ3v) is 4.32. The van der Waals surface area contributed by atoms with Crippen molar-refractivity contribution in [1.29, 1.82) is 0 Å². The van der Waals surface area contributed by atoms with Gasteiger partial charge in [-0.3, -0.25) is 0 Å². The Hall–Kier alpha value is -0.900. The first-order valence-corrected chi connectivity index (χ1v) is 7.65. The lowest BCUT2D eigenvalue weighted by Gasteiger charge is -2.22. The number of hydrogen-bond acceptors (Lipinski definition) is 1. The highest BCUT2D eigenvalue weighted by atomic mass is 79.9. The van der Waals surface area contributed by atoms with Gasteiger partial charge in [-0.15, -0.1) is 0 Å². The first-order chi connectivity index (χ1) is 9.54. The average molecular weight is 357 g/mol. The van der Waals surface area contributed by atoms with Gasteiger partial charge in [-0.05, 0) is 64.3 Å². The molecule has 2 aromatic carbocycles. The van der Waals surface area contributed by atoms with E-state index in [0.717, 1.165) is 28.3 Å². The van der Waals surface area contributed by atoms with Gasteiger partial charge in [-0.1, -0.05) is 36.7 Å². The Bertz CT molecular complexity index is 615. The maximum absolute atomic E-state index is 13.4. The number of nitrogens with one attached hydrogen (secondary N) is 1. The van der Waals surface area contributed by atoms with Crippen LogP contribution in [0.3, 0.4) is 0 Å². The van der Waals surface area contributed by atoms with Crippen molar-refractivity contribution in [2.75, 3.05) is 6.54 Å². The lowest BCUT2D eigenvalue weighted by Crippen LogP contribution is -2.23. The number of benzene rings is 2. The summed E-state index contributed by atoms with van der Waals surface area (Å²) < 4.78 is 13.9. The average Bonchev–Trinajstić information content (AvgIpc) is 2.43. The highest BCUT2D eigenvalue weighted by Crippen LogP contribution is 2.30. The molecule has 0 heterocycles. The van der Waals surface area contributed by atoms with Crippen molar-refractivity contribution in [2.24, 2.45) is 0 Å². The van der Waals surface area contributed by atoms with Gasteiger partial charge in [-0.2, -0.15) is 0 Å². The molecule has 1 N–H and O–H groups in total. The maximum atomic E-state index is 13.4. The summed E-state index contributed by atoms with van der Waals surface area (Å²) in [5, 5.41) is 4.17. The predicted octanol–water partition coefficient (Wildman–Crippen LogP) is 5.25. The first-order valence-electron chi connectivity index (χ1n) is 6.48. The van der Waals surface area contributed by atoms with Gasteiger partial charge in [0.1, 0.15) is 5.82 Å². The van der Waals surface area contributed by atoms with Crippen LogP contribution in [0.25, 0.3) is 0 Å². The quantitative estimate of drug-likeness (QED) is 0.789. The van der Waals surface area contributed by atoms with E-state index in [-0.39, 0.29) is 11.9 Å². The Morgan fingerprint density at radius 2 is 2.05 bits per heavy atom. The Morgan fingerprint density at radius 1 is 1.30 bits per heavy atom.